The van der Waals surface area contributed by atoms with Gasteiger partial charge in [-0.25, -0.2) is 4.79 Å². The predicted octanol–water partition coefficient (Wildman–Crippen LogP) is 3.03. The van der Waals surface area contributed by atoms with Crippen molar-refractivity contribution < 1.29 is 19.8 Å². The first-order valence-electron chi connectivity index (χ1n) is 6.25. The molecule has 0 unspecified atom stereocenters. The molecule has 0 bridgehead atoms. The predicted molar refractivity (Wildman–Crippen MR) is 80.0 cm³/mol. The largest absolute Gasteiger partial charge is 0.481 e. The lowest BCUT2D eigenvalue weighted by molar-refractivity contribution is -0.136. The first-order valence-corrected chi connectivity index (χ1v) is 7.07. The second kappa shape index (κ2) is 6.78. The number of carboxylic acid groups (broad SMARTS) is 2. The summed E-state index contributed by atoms with van der Waals surface area (Å²) in [5.41, 5.74) is 1.03. The summed E-state index contributed by atoms with van der Waals surface area (Å²) in [6.07, 6.45) is -0.0534. The molecule has 0 saturated heterocycles. The zero-order chi connectivity index (χ0) is 16.1. The fraction of sp³-hybridized carbons (Fsp3) is 0.0625. The minimum Gasteiger partial charge on any atom is -0.481 e. The average molecular weight is 313 g/mol. The summed E-state index contributed by atoms with van der Waals surface area (Å²) in [5.74, 6) is -2.00. The maximum Gasteiger partial charge on any atom is 0.336 e. The Kier molecular flexibility index (Phi) is 4.81. The van der Waals surface area contributed by atoms with Crippen molar-refractivity contribution in [1.29, 1.82) is 5.26 Å². The highest BCUT2D eigenvalue weighted by Gasteiger charge is 2.12. The molecule has 0 heterocycles. The molecule has 0 aromatic heterocycles. The van der Waals surface area contributed by atoms with Crippen LogP contribution in [0.1, 0.15) is 21.5 Å². The maximum absolute atomic E-state index is 11.3. The lowest BCUT2D eigenvalue weighted by atomic mass is 10.1. The van der Waals surface area contributed by atoms with Crippen LogP contribution in [0.2, 0.25) is 0 Å². The topological polar surface area (TPSA) is 98.4 Å². The van der Waals surface area contributed by atoms with Crippen LogP contribution in [0.4, 0.5) is 0 Å². The highest BCUT2D eigenvalue weighted by molar-refractivity contribution is 7.99. The molecule has 2 N–H and O–H groups in total. The molecular formula is C16H11NO4S. The van der Waals surface area contributed by atoms with Crippen LogP contribution in [0.5, 0.6) is 0 Å². The van der Waals surface area contributed by atoms with E-state index >= 15 is 0 Å². The Hall–Kier alpha value is -2.78. The van der Waals surface area contributed by atoms with Gasteiger partial charge in [-0.15, -0.1) is 0 Å². The van der Waals surface area contributed by atoms with Gasteiger partial charge in [0, 0.05) is 9.79 Å². The van der Waals surface area contributed by atoms with E-state index in [4.69, 9.17) is 10.4 Å². The number of benzene rings is 2. The zero-order valence-electron chi connectivity index (χ0n) is 11.3. The monoisotopic (exact) mass is 313 g/mol. The molecule has 0 aliphatic carbocycles. The Morgan fingerprint density at radius 3 is 2.32 bits per heavy atom. The van der Waals surface area contributed by atoms with Crippen molar-refractivity contribution in [1.82, 2.24) is 0 Å². The Bertz CT molecular complexity index is 763. The average Bonchev–Trinajstić information content (AvgIpc) is 2.49. The molecule has 110 valence electrons. The summed E-state index contributed by atoms with van der Waals surface area (Å²) < 4.78 is 0. The normalized spacial score (nSPS) is 9.95. The molecule has 5 nitrogen and oxygen atoms in total. The van der Waals surface area contributed by atoms with Gasteiger partial charge in [0.1, 0.15) is 0 Å². The van der Waals surface area contributed by atoms with Gasteiger partial charge >= 0.3 is 11.9 Å². The van der Waals surface area contributed by atoms with Gasteiger partial charge in [0.2, 0.25) is 0 Å². The minimum atomic E-state index is -1.10. The summed E-state index contributed by atoms with van der Waals surface area (Å²) in [5, 5.41) is 26.8. The first kappa shape index (κ1) is 15.6. The number of nitriles is 1. The standard InChI is InChI=1S/C16H11NO4S/c17-9-11-3-6-14(13(7-11)16(20)21)22-12-4-1-10(2-5-12)8-15(18)19/h1-7H,8H2,(H,18,19)(H,20,21). The number of aromatic carboxylic acids is 1. The van der Waals surface area contributed by atoms with Gasteiger partial charge in [-0.2, -0.15) is 5.26 Å². The second-order valence-corrected chi connectivity index (χ2v) is 5.56. The Morgan fingerprint density at radius 2 is 1.77 bits per heavy atom. The molecule has 0 atom stereocenters. The van der Waals surface area contributed by atoms with Gasteiger partial charge in [-0.3, -0.25) is 4.79 Å². The van der Waals surface area contributed by atoms with Gasteiger partial charge in [0.15, 0.2) is 0 Å². The van der Waals surface area contributed by atoms with Crippen molar-refractivity contribution in [3.05, 3.63) is 59.2 Å². The molecule has 0 aliphatic heterocycles. The molecule has 0 aliphatic rings. The second-order valence-electron chi connectivity index (χ2n) is 4.44. The highest BCUT2D eigenvalue weighted by atomic mass is 32.2. The van der Waals surface area contributed by atoms with E-state index in [0.717, 1.165) is 4.90 Å². The van der Waals surface area contributed by atoms with E-state index in [2.05, 4.69) is 0 Å². The molecule has 0 spiro atoms. The number of nitrogens with zero attached hydrogens (tertiary/aromatic N) is 1. The van der Waals surface area contributed by atoms with Gasteiger partial charge in [-0.05, 0) is 35.9 Å². The van der Waals surface area contributed by atoms with Crippen LogP contribution in [0.3, 0.4) is 0 Å². The van der Waals surface area contributed by atoms with E-state index < -0.39 is 11.9 Å². The maximum atomic E-state index is 11.3. The van der Waals surface area contributed by atoms with Gasteiger partial charge in [0.05, 0.1) is 23.6 Å². The number of hydrogen-bond donors (Lipinski definition) is 2. The van der Waals surface area contributed by atoms with E-state index in [9.17, 15) is 14.7 Å². The Balaban J connectivity index is 2.25. The molecule has 6 heteroatoms. The third kappa shape index (κ3) is 3.87. The zero-order valence-corrected chi connectivity index (χ0v) is 12.1. The molecular weight excluding hydrogens is 302 g/mol. The highest BCUT2D eigenvalue weighted by Crippen LogP contribution is 2.31. The van der Waals surface area contributed by atoms with Crippen molar-refractivity contribution in [3.8, 4) is 6.07 Å². The first-order chi connectivity index (χ1) is 10.5. The van der Waals surface area contributed by atoms with Crippen molar-refractivity contribution in [2.24, 2.45) is 0 Å². The van der Waals surface area contributed by atoms with Crippen LogP contribution in [0.25, 0.3) is 0 Å². The van der Waals surface area contributed by atoms with Gasteiger partial charge in [-0.1, -0.05) is 23.9 Å². The lowest BCUT2D eigenvalue weighted by Crippen LogP contribution is -2.00. The Morgan fingerprint density at radius 1 is 1.09 bits per heavy atom. The van der Waals surface area contributed by atoms with Crippen LogP contribution in [0, 0.1) is 11.3 Å². The van der Waals surface area contributed by atoms with Crippen LogP contribution in [0.15, 0.2) is 52.3 Å². The van der Waals surface area contributed by atoms with E-state index in [-0.39, 0.29) is 12.0 Å². The summed E-state index contributed by atoms with van der Waals surface area (Å²) in [6.45, 7) is 0. The summed E-state index contributed by atoms with van der Waals surface area (Å²) in [7, 11) is 0. The number of aliphatic carboxylic acids is 1. The van der Waals surface area contributed by atoms with E-state index in [0.29, 0.717) is 16.0 Å². The van der Waals surface area contributed by atoms with Crippen molar-refractivity contribution in [2.45, 2.75) is 16.2 Å². The lowest BCUT2D eigenvalue weighted by Gasteiger charge is -2.07. The number of carbonyl (C=O) groups is 2. The van der Waals surface area contributed by atoms with E-state index in [1.54, 1.807) is 36.4 Å². The molecule has 2 aromatic rings. The molecule has 0 fully saturated rings. The third-order valence-corrected chi connectivity index (χ3v) is 3.93. The molecule has 2 rings (SSSR count). The number of rotatable bonds is 5. The van der Waals surface area contributed by atoms with Crippen molar-refractivity contribution in [3.63, 3.8) is 0 Å². The molecule has 0 radical (unpaired) electrons. The van der Waals surface area contributed by atoms with Gasteiger partial charge in [0.25, 0.3) is 0 Å². The van der Waals surface area contributed by atoms with Crippen LogP contribution < -0.4 is 0 Å². The molecule has 22 heavy (non-hydrogen) atoms. The fourth-order valence-corrected chi connectivity index (χ4v) is 2.75. The van der Waals surface area contributed by atoms with Crippen LogP contribution in [-0.2, 0) is 11.2 Å². The van der Waals surface area contributed by atoms with Crippen LogP contribution in [-0.4, -0.2) is 22.2 Å². The third-order valence-electron chi connectivity index (χ3n) is 2.85. The Labute approximate surface area is 130 Å². The molecule has 2 aromatic carbocycles. The van der Waals surface area contributed by atoms with Gasteiger partial charge < -0.3 is 10.2 Å². The summed E-state index contributed by atoms with van der Waals surface area (Å²) >= 11 is 1.25. The van der Waals surface area contributed by atoms with Crippen molar-refractivity contribution in [2.75, 3.05) is 0 Å². The minimum absolute atomic E-state index is 0.0534. The summed E-state index contributed by atoms with van der Waals surface area (Å²) in [4.78, 5) is 23.2. The SMILES string of the molecule is N#Cc1ccc(Sc2ccc(CC(=O)O)cc2)c(C(=O)O)c1. The molecule has 0 amide bonds. The summed E-state index contributed by atoms with van der Waals surface area (Å²) in [6, 6.07) is 13.3. The number of hydrogen-bond acceptors (Lipinski definition) is 4. The quantitative estimate of drug-likeness (QED) is 0.880. The van der Waals surface area contributed by atoms with Crippen LogP contribution >= 0.6 is 11.8 Å². The fourth-order valence-electron chi connectivity index (χ4n) is 1.83. The molecule has 0 saturated carbocycles. The van der Waals surface area contributed by atoms with Crippen molar-refractivity contribution >= 4 is 23.7 Å². The smallest absolute Gasteiger partial charge is 0.336 e. The van der Waals surface area contributed by atoms with E-state index in [1.807, 2.05) is 6.07 Å². The number of carboxylic acids is 2. The van der Waals surface area contributed by atoms with E-state index in [1.165, 1.54) is 17.8 Å².